The number of halogens is 1. The summed E-state index contributed by atoms with van der Waals surface area (Å²) >= 11 is 5.90. The molecule has 0 atom stereocenters. The first kappa shape index (κ1) is 9.93. The van der Waals surface area contributed by atoms with E-state index in [1.165, 1.54) is 5.69 Å². The van der Waals surface area contributed by atoms with Crippen LogP contribution in [0, 0.1) is 0 Å². The lowest BCUT2D eigenvalue weighted by atomic mass is 10.2. The number of aromatic nitrogens is 2. The number of benzene rings is 1. The number of H-pyrrole nitrogens is 1. The van der Waals surface area contributed by atoms with Crippen LogP contribution in [-0.2, 0) is 0 Å². The van der Waals surface area contributed by atoms with Crippen molar-refractivity contribution in [3.05, 3.63) is 23.5 Å². The first-order chi connectivity index (χ1) is 7.84. The Bertz CT molecular complexity index is 502. The molecule has 0 saturated carbocycles. The predicted octanol–water partition coefficient (Wildman–Crippen LogP) is 1.63. The highest BCUT2D eigenvalue weighted by molar-refractivity contribution is 6.29. The zero-order valence-electron chi connectivity index (χ0n) is 8.83. The van der Waals surface area contributed by atoms with Crippen LogP contribution in [0.1, 0.15) is 0 Å². The Labute approximate surface area is 98.6 Å². The summed E-state index contributed by atoms with van der Waals surface area (Å²) in [5.74, 6) is 0. The number of piperazine rings is 1. The maximum atomic E-state index is 5.90. The summed E-state index contributed by atoms with van der Waals surface area (Å²) < 4.78 is 0. The van der Waals surface area contributed by atoms with Crippen LogP contribution in [0.15, 0.2) is 18.2 Å². The second kappa shape index (κ2) is 3.96. The van der Waals surface area contributed by atoms with E-state index >= 15 is 0 Å². The maximum Gasteiger partial charge on any atom is 0.201 e. The zero-order valence-corrected chi connectivity index (χ0v) is 9.59. The fraction of sp³-hybridized carbons (Fsp3) is 0.364. The molecule has 3 rings (SSSR count). The molecular formula is C11H13ClN4. The second-order valence-electron chi connectivity index (χ2n) is 3.94. The smallest absolute Gasteiger partial charge is 0.201 e. The van der Waals surface area contributed by atoms with Crippen molar-refractivity contribution in [3.63, 3.8) is 0 Å². The van der Waals surface area contributed by atoms with Crippen molar-refractivity contribution < 1.29 is 0 Å². The number of imidazole rings is 1. The molecule has 1 fully saturated rings. The van der Waals surface area contributed by atoms with Crippen LogP contribution in [0.4, 0.5) is 5.69 Å². The molecule has 0 aliphatic carbocycles. The van der Waals surface area contributed by atoms with E-state index in [1.807, 2.05) is 12.1 Å². The van der Waals surface area contributed by atoms with Crippen molar-refractivity contribution in [1.29, 1.82) is 0 Å². The van der Waals surface area contributed by atoms with Gasteiger partial charge in [0.25, 0.3) is 0 Å². The molecule has 1 aromatic heterocycles. The van der Waals surface area contributed by atoms with Gasteiger partial charge < -0.3 is 15.2 Å². The summed E-state index contributed by atoms with van der Waals surface area (Å²) in [5, 5.41) is 3.80. The molecule has 84 valence electrons. The molecule has 16 heavy (non-hydrogen) atoms. The Morgan fingerprint density at radius 3 is 2.88 bits per heavy atom. The highest BCUT2D eigenvalue weighted by Crippen LogP contribution is 2.26. The van der Waals surface area contributed by atoms with Crippen LogP contribution in [-0.4, -0.2) is 36.1 Å². The standard InChI is InChI=1S/C11H13ClN4/c12-11-14-8-2-1-3-9(10(8)15-11)16-6-4-13-5-7-16/h1-3,13H,4-7H2,(H,14,15). The minimum Gasteiger partial charge on any atom is -0.367 e. The van der Waals surface area contributed by atoms with E-state index in [4.69, 9.17) is 11.6 Å². The number of hydrogen-bond acceptors (Lipinski definition) is 3. The Kier molecular flexibility index (Phi) is 2.46. The average molecular weight is 237 g/mol. The average Bonchev–Trinajstić information content (AvgIpc) is 2.70. The third-order valence-corrected chi connectivity index (χ3v) is 3.10. The third-order valence-electron chi connectivity index (χ3n) is 2.92. The second-order valence-corrected chi connectivity index (χ2v) is 4.30. The van der Waals surface area contributed by atoms with Gasteiger partial charge in [-0.1, -0.05) is 6.07 Å². The number of hydrogen-bond donors (Lipinski definition) is 2. The van der Waals surface area contributed by atoms with Gasteiger partial charge in [0.15, 0.2) is 0 Å². The van der Waals surface area contributed by atoms with E-state index in [9.17, 15) is 0 Å². The SMILES string of the molecule is Clc1nc2c(N3CCNCC3)cccc2[nH]1. The van der Waals surface area contributed by atoms with E-state index in [1.54, 1.807) is 0 Å². The predicted molar refractivity (Wildman–Crippen MR) is 66.2 cm³/mol. The molecule has 1 aliphatic rings. The summed E-state index contributed by atoms with van der Waals surface area (Å²) in [5.41, 5.74) is 3.14. The molecule has 1 saturated heterocycles. The quantitative estimate of drug-likeness (QED) is 0.791. The van der Waals surface area contributed by atoms with Crippen molar-refractivity contribution in [2.24, 2.45) is 0 Å². The molecule has 2 N–H and O–H groups in total. The minimum absolute atomic E-state index is 0.456. The highest BCUT2D eigenvalue weighted by Gasteiger charge is 2.14. The molecule has 0 bridgehead atoms. The fourth-order valence-corrected chi connectivity index (χ4v) is 2.33. The molecule has 0 unspecified atom stereocenters. The van der Waals surface area contributed by atoms with Gasteiger partial charge in [0, 0.05) is 26.2 Å². The molecule has 5 heteroatoms. The Hall–Kier alpha value is -1.26. The first-order valence-electron chi connectivity index (χ1n) is 5.44. The number of aromatic amines is 1. The van der Waals surface area contributed by atoms with Crippen molar-refractivity contribution in [2.45, 2.75) is 0 Å². The molecule has 0 spiro atoms. The molecule has 2 heterocycles. The normalized spacial score (nSPS) is 16.9. The number of nitrogens with one attached hydrogen (secondary N) is 2. The Morgan fingerprint density at radius 1 is 1.25 bits per heavy atom. The van der Waals surface area contributed by atoms with E-state index in [0.717, 1.165) is 37.2 Å². The molecule has 2 aromatic rings. The van der Waals surface area contributed by atoms with Crippen LogP contribution in [0.5, 0.6) is 0 Å². The van der Waals surface area contributed by atoms with Crippen LogP contribution >= 0.6 is 11.6 Å². The first-order valence-corrected chi connectivity index (χ1v) is 5.82. The molecule has 0 radical (unpaired) electrons. The van der Waals surface area contributed by atoms with Gasteiger partial charge in [-0.3, -0.25) is 0 Å². The van der Waals surface area contributed by atoms with Gasteiger partial charge in [0.1, 0.15) is 5.52 Å². The van der Waals surface area contributed by atoms with E-state index in [0.29, 0.717) is 5.28 Å². The summed E-state index contributed by atoms with van der Waals surface area (Å²) in [4.78, 5) is 9.73. The lowest BCUT2D eigenvalue weighted by Crippen LogP contribution is -2.43. The van der Waals surface area contributed by atoms with Gasteiger partial charge >= 0.3 is 0 Å². The van der Waals surface area contributed by atoms with E-state index < -0.39 is 0 Å². The van der Waals surface area contributed by atoms with Crippen molar-refractivity contribution in [3.8, 4) is 0 Å². The fourth-order valence-electron chi connectivity index (χ4n) is 2.15. The van der Waals surface area contributed by atoms with Crippen molar-refractivity contribution in [2.75, 3.05) is 31.1 Å². The minimum atomic E-state index is 0.456. The largest absolute Gasteiger partial charge is 0.367 e. The summed E-state index contributed by atoms with van der Waals surface area (Å²) in [6.45, 7) is 4.08. The van der Waals surface area contributed by atoms with Gasteiger partial charge in [0.2, 0.25) is 5.28 Å². The van der Waals surface area contributed by atoms with Crippen LogP contribution in [0.25, 0.3) is 11.0 Å². The molecular weight excluding hydrogens is 224 g/mol. The monoisotopic (exact) mass is 236 g/mol. The number of fused-ring (bicyclic) bond motifs is 1. The molecule has 1 aliphatic heterocycles. The van der Waals surface area contributed by atoms with E-state index in [2.05, 4.69) is 26.3 Å². The zero-order chi connectivity index (χ0) is 11.0. The van der Waals surface area contributed by atoms with Crippen molar-refractivity contribution in [1.82, 2.24) is 15.3 Å². The maximum absolute atomic E-state index is 5.90. The molecule has 0 amide bonds. The van der Waals surface area contributed by atoms with Crippen LogP contribution in [0.3, 0.4) is 0 Å². The van der Waals surface area contributed by atoms with Crippen LogP contribution in [0.2, 0.25) is 5.28 Å². The van der Waals surface area contributed by atoms with Gasteiger partial charge in [-0.05, 0) is 23.7 Å². The lowest BCUT2D eigenvalue weighted by Gasteiger charge is -2.29. The number of nitrogens with zero attached hydrogens (tertiary/aromatic N) is 2. The van der Waals surface area contributed by atoms with Gasteiger partial charge in [-0.15, -0.1) is 0 Å². The molecule has 1 aromatic carbocycles. The Balaban J connectivity index is 2.07. The Morgan fingerprint density at radius 2 is 2.06 bits per heavy atom. The van der Waals surface area contributed by atoms with Crippen molar-refractivity contribution >= 4 is 28.3 Å². The lowest BCUT2D eigenvalue weighted by molar-refractivity contribution is 0.590. The third kappa shape index (κ3) is 1.64. The number of anilines is 1. The molecule has 4 nitrogen and oxygen atoms in total. The van der Waals surface area contributed by atoms with Gasteiger partial charge in [0.05, 0.1) is 11.2 Å². The summed E-state index contributed by atoms with van der Waals surface area (Å²) in [6.07, 6.45) is 0. The summed E-state index contributed by atoms with van der Waals surface area (Å²) in [7, 11) is 0. The number of para-hydroxylation sites is 1. The van der Waals surface area contributed by atoms with Gasteiger partial charge in [-0.2, -0.15) is 0 Å². The van der Waals surface area contributed by atoms with Gasteiger partial charge in [-0.25, -0.2) is 4.98 Å². The summed E-state index contributed by atoms with van der Waals surface area (Å²) in [6, 6.07) is 6.14. The van der Waals surface area contributed by atoms with Crippen LogP contribution < -0.4 is 10.2 Å². The topological polar surface area (TPSA) is 44.0 Å². The highest BCUT2D eigenvalue weighted by atomic mass is 35.5. The van der Waals surface area contributed by atoms with E-state index in [-0.39, 0.29) is 0 Å². The number of rotatable bonds is 1.